The minimum atomic E-state index is -0.160. The van der Waals surface area contributed by atoms with E-state index in [1.807, 2.05) is 38.1 Å². The summed E-state index contributed by atoms with van der Waals surface area (Å²) in [5.74, 6) is 0.487. The summed E-state index contributed by atoms with van der Waals surface area (Å²) in [6.07, 6.45) is 0. The van der Waals surface area contributed by atoms with E-state index in [-0.39, 0.29) is 17.7 Å². The van der Waals surface area contributed by atoms with Crippen molar-refractivity contribution in [3.8, 4) is 5.75 Å². The van der Waals surface area contributed by atoms with Crippen LogP contribution in [0.15, 0.2) is 48.5 Å². The zero-order valence-electron chi connectivity index (χ0n) is 14.1. The van der Waals surface area contributed by atoms with Crippen LogP contribution in [0, 0.1) is 5.92 Å². The molecule has 0 spiro atoms. The van der Waals surface area contributed by atoms with Gasteiger partial charge in [-0.2, -0.15) is 0 Å². The van der Waals surface area contributed by atoms with Crippen molar-refractivity contribution in [2.45, 2.75) is 20.4 Å². The van der Waals surface area contributed by atoms with Gasteiger partial charge >= 0.3 is 0 Å². The molecule has 2 aromatic carbocycles. The molecule has 0 saturated carbocycles. The third-order valence-corrected chi connectivity index (χ3v) is 3.55. The molecule has 2 rings (SSSR count). The molecule has 5 nitrogen and oxygen atoms in total. The Hall–Kier alpha value is -2.82. The number of benzene rings is 2. The molecule has 0 bridgehead atoms. The third-order valence-electron chi connectivity index (χ3n) is 3.55. The van der Waals surface area contributed by atoms with Gasteiger partial charge in [-0.3, -0.25) is 9.59 Å². The lowest BCUT2D eigenvalue weighted by atomic mass is 10.1. The fraction of sp³-hybridized carbons (Fsp3) is 0.263. The van der Waals surface area contributed by atoms with Gasteiger partial charge in [-0.25, -0.2) is 0 Å². The van der Waals surface area contributed by atoms with Gasteiger partial charge < -0.3 is 15.4 Å². The van der Waals surface area contributed by atoms with Crippen LogP contribution in [0.3, 0.4) is 0 Å². The maximum Gasteiger partial charge on any atom is 0.251 e. The fourth-order valence-electron chi connectivity index (χ4n) is 2.02. The molecule has 2 aromatic rings. The lowest BCUT2D eigenvalue weighted by Gasteiger charge is -2.09. The molecule has 0 aliphatic carbocycles. The summed E-state index contributed by atoms with van der Waals surface area (Å²) in [4.78, 5) is 23.8. The lowest BCUT2D eigenvalue weighted by molar-refractivity contribution is -0.118. The van der Waals surface area contributed by atoms with Crippen LogP contribution in [0.2, 0.25) is 0 Å². The summed E-state index contributed by atoms with van der Waals surface area (Å²) in [7, 11) is 1.62. The summed E-state index contributed by atoms with van der Waals surface area (Å²) in [5.41, 5.74) is 2.22. The van der Waals surface area contributed by atoms with Crippen molar-refractivity contribution in [3.63, 3.8) is 0 Å². The Balaban J connectivity index is 1.91. The van der Waals surface area contributed by atoms with Gasteiger partial charge in [0.25, 0.3) is 5.91 Å². The highest BCUT2D eigenvalue weighted by Crippen LogP contribution is 2.13. The summed E-state index contributed by atoms with van der Waals surface area (Å²) >= 11 is 0. The van der Waals surface area contributed by atoms with Crippen molar-refractivity contribution in [3.05, 3.63) is 59.7 Å². The van der Waals surface area contributed by atoms with Crippen molar-refractivity contribution < 1.29 is 14.3 Å². The number of amides is 2. The third kappa shape index (κ3) is 4.84. The van der Waals surface area contributed by atoms with Crippen LogP contribution >= 0.6 is 0 Å². The Morgan fingerprint density at radius 1 is 1.00 bits per heavy atom. The number of rotatable bonds is 6. The Morgan fingerprint density at radius 2 is 1.62 bits per heavy atom. The Morgan fingerprint density at radius 3 is 2.17 bits per heavy atom. The summed E-state index contributed by atoms with van der Waals surface area (Å²) in [5, 5.41) is 5.66. The molecule has 0 fully saturated rings. The highest BCUT2D eigenvalue weighted by molar-refractivity contribution is 5.96. The van der Waals surface area contributed by atoms with E-state index in [4.69, 9.17) is 4.74 Å². The van der Waals surface area contributed by atoms with Gasteiger partial charge in [0, 0.05) is 23.7 Å². The Kier molecular flexibility index (Phi) is 5.95. The van der Waals surface area contributed by atoms with E-state index in [0.29, 0.717) is 17.8 Å². The number of nitrogens with one attached hydrogen (secondary N) is 2. The molecule has 0 heterocycles. The summed E-state index contributed by atoms with van der Waals surface area (Å²) < 4.78 is 5.10. The van der Waals surface area contributed by atoms with Crippen molar-refractivity contribution in [2.75, 3.05) is 12.4 Å². The minimum absolute atomic E-state index is 0.0493. The van der Waals surface area contributed by atoms with Crippen LogP contribution in [0.4, 0.5) is 5.69 Å². The van der Waals surface area contributed by atoms with Crippen molar-refractivity contribution in [1.29, 1.82) is 0 Å². The Bertz CT molecular complexity index is 692. The predicted octanol–water partition coefficient (Wildman–Crippen LogP) is 3.22. The zero-order valence-corrected chi connectivity index (χ0v) is 14.1. The van der Waals surface area contributed by atoms with Crippen molar-refractivity contribution in [1.82, 2.24) is 5.32 Å². The van der Waals surface area contributed by atoms with Gasteiger partial charge in [0.1, 0.15) is 5.75 Å². The molecule has 24 heavy (non-hydrogen) atoms. The Labute approximate surface area is 142 Å². The van der Waals surface area contributed by atoms with Crippen LogP contribution < -0.4 is 15.4 Å². The number of hydrogen-bond donors (Lipinski definition) is 2. The molecule has 2 N–H and O–H groups in total. The number of carbonyl (C=O) groups is 2. The van der Waals surface area contributed by atoms with E-state index in [9.17, 15) is 9.59 Å². The van der Waals surface area contributed by atoms with Crippen LogP contribution in [0.5, 0.6) is 5.75 Å². The van der Waals surface area contributed by atoms with Gasteiger partial charge in [-0.1, -0.05) is 26.0 Å². The number of anilines is 1. The first kappa shape index (κ1) is 17.5. The molecule has 126 valence electrons. The van der Waals surface area contributed by atoms with Gasteiger partial charge in [0.15, 0.2) is 0 Å². The van der Waals surface area contributed by atoms with E-state index in [1.165, 1.54) is 0 Å². The molecule has 0 aliphatic rings. The van der Waals surface area contributed by atoms with Crippen LogP contribution in [0.1, 0.15) is 29.8 Å². The van der Waals surface area contributed by atoms with Crippen molar-refractivity contribution in [2.24, 2.45) is 5.92 Å². The van der Waals surface area contributed by atoms with E-state index in [1.54, 1.807) is 31.4 Å². The van der Waals surface area contributed by atoms with Gasteiger partial charge in [0.2, 0.25) is 5.91 Å². The second-order valence-corrected chi connectivity index (χ2v) is 5.75. The van der Waals surface area contributed by atoms with Crippen LogP contribution in [0.25, 0.3) is 0 Å². The van der Waals surface area contributed by atoms with E-state index in [2.05, 4.69) is 10.6 Å². The van der Waals surface area contributed by atoms with Crippen LogP contribution in [-0.4, -0.2) is 18.9 Å². The van der Waals surface area contributed by atoms with Crippen LogP contribution in [-0.2, 0) is 11.3 Å². The quantitative estimate of drug-likeness (QED) is 0.856. The number of carbonyl (C=O) groups excluding carboxylic acids is 2. The first-order valence-corrected chi connectivity index (χ1v) is 7.81. The standard InChI is InChI=1S/C19H22N2O3/c1-13(2)18(22)21-16-8-6-15(7-9-16)19(23)20-12-14-4-10-17(24-3)11-5-14/h4-11,13H,12H2,1-3H3,(H,20,23)(H,21,22). The maximum absolute atomic E-state index is 12.2. The lowest BCUT2D eigenvalue weighted by Crippen LogP contribution is -2.23. The highest BCUT2D eigenvalue weighted by Gasteiger charge is 2.09. The topological polar surface area (TPSA) is 67.4 Å². The fourth-order valence-corrected chi connectivity index (χ4v) is 2.02. The molecule has 0 unspecified atom stereocenters. The predicted molar refractivity (Wildman–Crippen MR) is 94.1 cm³/mol. The molecule has 0 aliphatic heterocycles. The molecule has 0 atom stereocenters. The van der Waals surface area contributed by atoms with E-state index in [0.717, 1.165) is 11.3 Å². The van der Waals surface area contributed by atoms with Gasteiger partial charge in [0.05, 0.1) is 7.11 Å². The smallest absolute Gasteiger partial charge is 0.251 e. The first-order valence-electron chi connectivity index (χ1n) is 7.81. The second kappa shape index (κ2) is 8.15. The summed E-state index contributed by atoms with van der Waals surface area (Å²) in [6.45, 7) is 4.10. The average molecular weight is 326 g/mol. The molecular weight excluding hydrogens is 304 g/mol. The molecular formula is C19H22N2O3. The van der Waals surface area contributed by atoms with E-state index < -0.39 is 0 Å². The minimum Gasteiger partial charge on any atom is -0.497 e. The monoisotopic (exact) mass is 326 g/mol. The first-order chi connectivity index (χ1) is 11.5. The molecule has 0 aromatic heterocycles. The maximum atomic E-state index is 12.2. The second-order valence-electron chi connectivity index (χ2n) is 5.75. The molecule has 2 amide bonds. The molecule has 0 radical (unpaired) electrons. The molecule has 5 heteroatoms. The number of hydrogen-bond acceptors (Lipinski definition) is 3. The summed E-state index contributed by atoms with van der Waals surface area (Å²) in [6, 6.07) is 14.4. The van der Waals surface area contributed by atoms with Crippen molar-refractivity contribution >= 4 is 17.5 Å². The zero-order chi connectivity index (χ0) is 17.5. The SMILES string of the molecule is COc1ccc(CNC(=O)c2ccc(NC(=O)C(C)C)cc2)cc1. The average Bonchev–Trinajstić information content (AvgIpc) is 2.60. The normalized spacial score (nSPS) is 10.3. The van der Waals surface area contributed by atoms with E-state index >= 15 is 0 Å². The highest BCUT2D eigenvalue weighted by atomic mass is 16.5. The molecule has 0 saturated heterocycles. The number of methoxy groups -OCH3 is 1. The van der Waals surface area contributed by atoms with Gasteiger partial charge in [-0.05, 0) is 42.0 Å². The van der Waals surface area contributed by atoms with Gasteiger partial charge in [-0.15, -0.1) is 0 Å². The largest absolute Gasteiger partial charge is 0.497 e. The number of ether oxygens (including phenoxy) is 1.